The van der Waals surface area contributed by atoms with Gasteiger partial charge in [-0.25, -0.2) is 4.98 Å². The quantitative estimate of drug-likeness (QED) is 0.483. The van der Waals surface area contributed by atoms with Crippen LogP contribution in [0.5, 0.6) is 0 Å². The molecule has 0 saturated carbocycles. The Morgan fingerprint density at radius 2 is 2.67 bits per heavy atom. The van der Waals surface area contributed by atoms with Gasteiger partial charge in [-0.1, -0.05) is 0 Å². The van der Waals surface area contributed by atoms with Crippen molar-refractivity contribution in [1.29, 1.82) is 0 Å². The van der Waals surface area contributed by atoms with E-state index in [0.717, 1.165) is 5.01 Å². The van der Waals surface area contributed by atoms with E-state index in [1.165, 1.54) is 11.5 Å². The lowest BCUT2D eigenvalue weighted by atomic mass is 10.9. The van der Waals surface area contributed by atoms with E-state index in [1.807, 2.05) is 6.92 Å². The first-order chi connectivity index (χ1) is 2.89. The number of nitrogens with zero attached hydrogens (tertiary/aromatic N) is 2. The van der Waals surface area contributed by atoms with E-state index in [9.17, 15) is 0 Å². The highest BCUT2D eigenvalue weighted by Crippen LogP contribution is 1.92. The maximum absolute atomic E-state index is 3.82. The van der Waals surface area contributed by atoms with Crippen LogP contribution in [0.2, 0.25) is 0 Å². The fourth-order valence-electron chi connectivity index (χ4n) is 0.228. The summed E-state index contributed by atoms with van der Waals surface area (Å²) in [6, 6.07) is 0. The molecule has 1 rings (SSSR count). The average molecular weight is 100 g/mol. The Labute approximate surface area is 40.0 Å². The largest absolute Gasteiger partial charge is 0.228 e. The molecule has 0 saturated heterocycles. The van der Waals surface area contributed by atoms with Gasteiger partial charge >= 0.3 is 0 Å². The van der Waals surface area contributed by atoms with Crippen LogP contribution in [0.1, 0.15) is 5.01 Å². The zero-order valence-corrected chi connectivity index (χ0v) is 4.20. The Kier molecular flexibility index (Phi) is 0.837. The predicted octanol–water partition coefficient (Wildman–Crippen LogP) is 0.847. The van der Waals surface area contributed by atoms with Crippen molar-refractivity contribution in [3.8, 4) is 0 Å². The number of aromatic nitrogens is 2. The highest BCUT2D eigenvalue weighted by molar-refractivity contribution is 7.05. The second-order valence-electron chi connectivity index (χ2n) is 0.960. The van der Waals surface area contributed by atoms with E-state index in [-0.39, 0.29) is 0 Å². The summed E-state index contributed by atoms with van der Waals surface area (Å²) in [5.41, 5.74) is 0. The van der Waals surface area contributed by atoms with E-state index in [1.54, 1.807) is 6.33 Å². The monoisotopic (exact) mass is 100 g/mol. The Morgan fingerprint density at radius 3 is 2.83 bits per heavy atom. The van der Waals surface area contributed by atoms with Crippen LogP contribution in [0.25, 0.3) is 0 Å². The van der Waals surface area contributed by atoms with Gasteiger partial charge in [0.25, 0.3) is 0 Å². The minimum absolute atomic E-state index is 1.02. The van der Waals surface area contributed by atoms with Gasteiger partial charge in [0.05, 0.1) is 0 Å². The summed E-state index contributed by atoms with van der Waals surface area (Å²) in [5, 5.41) is 1.02. The number of rotatable bonds is 0. The standard InChI is InChI=1S/C3H4N2S/c1-3-4-2-5-6-3/h2H,1H3. The molecule has 32 valence electrons. The number of aryl methyl sites for hydroxylation is 1. The molecule has 0 amide bonds. The summed E-state index contributed by atoms with van der Waals surface area (Å²) in [6.45, 7) is 1.93. The van der Waals surface area contributed by atoms with Crippen molar-refractivity contribution in [3.63, 3.8) is 0 Å². The molecular weight excluding hydrogens is 96.1 g/mol. The summed E-state index contributed by atoms with van der Waals surface area (Å²) in [4.78, 5) is 3.82. The Hall–Kier alpha value is -0.440. The van der Waals surface area contributed by atoms with Crippen LogP contribution in [0.4, 0.5) is 0 Å². The first-order valence-electron chi connectivity index (χ1n) is 1.63. The molecule has 0 aromatic carbocycles. The zero-order chi connectivity index (χ0) is 4.41. The summed E-state index contributed by atoms with van der Waals surface area (Å²) in [5.74, 6) is 0. The van der Waals surface area contributed by atoms with Crippen LogP contribution in [0.3, 0.4) is 0 Å². The summed E-state index contributed by atoms with van der Waals surface area (Å²) >= 11 is 1.42. The van der Waals surface area contributed by atoms with Crippen molar-refractivity contribution in [3.05, 3.63) is 11.3 Å². The highest BCUT2D eigenvalue weighted by Gasteiger charge is 1.78. The van der Waals surface area contributed by atoms with Crippen molar-refractivity contribution < 1.29 is 0 Å². The second kappa shape index (κ2) is 1.34. The Balaban J connectivity index is 3.05. The fourth-order valence-corrected chi connectivity index (χ4v) is 0.569. The van der Waals surface area contributed by atoms with Crippen LogP contribution in [-0.4, -0.2) is 9.36 Å². The van der Waals surface area contributed by atoms with Crippen molar-refractivity contribution in [2.75, 3.05) is 0 Å². The van der Waals surface area contributed by atoms with Crippen molar-refractivity contribution in [1.82, 2.24) is 9.36 Å². The maximum atomic E-state index is 3.82. The van der Waals surface area contributed by atoms with Crippen LogP contribution in [0.15, 0.2) is 6.33 Å². The number of hydrogen-bond acceptors (Lipinski definition) is 3. The minimum Gasteiger partial charge on any atom is -0.228 e. The van der Waals surface area contributed by atoms with Crippen LogP contribution in [-0.2, 0) is 0 Å². The van der Waals surface area contributed by atoms with Gasteiger partial charge in [0.2, 0.25) is 0 Å². The molecule has 0 unspecified atom stereocenters. The van der Waals surface area contributed by atoms with E-state index >= 15 is 0 Å². The maximum Gasteiger partial charge on any atom is 0.129 e. The Bertz CT molecular complexity index is 112. The summed E-state index contributed by atoms with van der Waals surface area (Å²) < 4.78 is 3.75. The van der Waals surface area contributed by atoms with Gasteiger partial charge in [0.1, 0.15) is 11.3 Å². The van der Waals surface area contributed by atoms with Gasteiger partial charge in [-0.05, 0) is 18.5 Å². The smallest absolute Gasteiger partial charge is 0.129 e. The van der Waals surface area contributed by atoms with Crippen molar-refractivity contribution in [2.24, 2.45) is 0 Å². The zero-order valence-electron chi connectivity index (χ0n) is 3.38. The lowest BCUT2D eigenvalue weighted by Crippen LogP contribution is -1.56. The van der Waals surface area contributed by atoms with Crippen molar-refractivity contribution >= 4 is 11.5 Å². The topological polar surface area (TPSA) is 25.8 Å². The molecule has 0 aliphatic rings. The van der Waals surface area contributed by atoms with Crippen molar-refractivity contribution in [2.45, 2.75) is 6.92 Å². The van der Waals surface area contributed by atoms with Gasteiger partial charge in [-0.3, -0.25) is 0 Å². The number of hydrogen-bond donors (Lipinski definition) is 0. The SMILES string of the molecule is Cc1ncns1. The van der Waals surface area contributed by atoms with E-state index in [0.29, 0.717) is 0 Å². The molecule has 0 fully saturated rings. The molecular formula is C3H4N2S. The van der Waals surface area contributed by atoms with Crippen LogP contribution in [0, 0.1) is 6.92 Å². The molecule has 0 radical (unpaired) electrons. The molecule has 1 aromatic heterocycles. The van der Waals surface area contributed by atoms with Crippen LogP contribution < -0.4 is 0 Å². The summed E-state index contributed by atoms with van der Waals surface area (Å²) in [6.07, 6.45) is 1.56. The van der Waals surface area contributed by atoms with Gasteiger partial charge in [-0.2, -0.15) is 4.37 Å². The van der Waals surface area contributed by atoms with E-state index in [2.05, 4.69) is 9.36 Å². The molecule has 0 N–H and O–H groups in total. The van der Waals surface area contributed by atoms with Gasteiger partial charge in [0.15, 0.2) is 0 Å². The van der Waals surface area contributed by atoms with Gasteiger partial charge in [0, 0.05) is 0 Å². The lowest BCUT2D eigenvalue weighted by Gasteiger charge is -1.62. The molecule has 6 heavy (non-hydrogen) atoms. The average Bonchev–Trinajstić information content (AvgIpc) is 1.86. The Morgan fingerprint density at radius 1 is 1.83 bits per heavy atom. The van der Waals surface area contributed by atoms with Crippen LogP contribution >= 0.6 is 11.5 Å². The molecule has 1 heterocycles. The third-order valence-corrected chi connectivity index (χ3v) is 1.04. The second-order valence-corrected chi connectivity index (χ2v) is 1.94. The minimum atomic E-state index is 1.02. The fraction of sp³-hybridized carbons (Fsp3) is 0.333. The molecule has 1 aromatic rings. The van der Waals surface area contributed by atoms with Gasteiger partial charge in [-0.15, -0.1) is 0 Å². The molecule has 3 heteroatoms. The first-order valence-corrected chi connectivity index (χ1v) is 2.40. The summed E-state index contributed by atoms with van der Waals surface area (Å²) in [7, 11) is 0. The molecule has 2 nitrogen and oxygen atoms in total. The predicted molar refractivity (Wildman–Crippen MR) is 24.6 cm³/mol. The van der Waals surface area contributed by atoms with E-state index < -0.39 is 0 Å². The third kappa shape index (κ3) is 0.542. The molecule has 0 atom stereocenters. The molecule has 0 bridgehead atoms. The highest BCUT2D eigenvalue weighted by atomic mass is 32.1. The first kappa shape index (κ1) is 3.74. The third-order valence-electron chi connectivity index (χ3n) is 0.471. The molecule has 0 aliphatic heterocycles. The van der Waals surface area contributed by atoms with Gasteiger partial charge < -0.3 is 0 Å². The molecule has 0 aliphatic carbocycles. The normalized spacial score (nSPS) is 8.83. The molecule has 0 spiro atoms. The van der Waals surface area contributed by atoms with E-state index in [4.69, 9.17) is 0 Å². The lowest BCUT2D eigenvalue weighted by molar-refractivity contribution is 1.26.